The fraction of sp³-hybridized carbons (Fsp3) is 0.333. The molecule has 0 aliphatic heterocycles. The van der Waals surface area contributed by atoms with E-state index in [1.165, 1.54) is 0 Å². The van der Waals surface area contributed by atoms with E-state index in [0.29, 0.717) is 12.0 Å². The van der Waals surface area contributed by atoms with E-state index in [4.69, 9.17) is 0 Å². The van der Waals surface area contributed by atoms with Crippen LogP contribution >= 0.6 is 0 Å². The summed E-state index contributed by atoms with van der Waals surface area (Å²) in [4.78, 5) is 0. The van der Waals surface area contributed by atoms with Crippen molar-refractivity contribution >= 4 is 0 Å². The van der Waals surface area contributed by atoms with Gasteiger partial charge in [0.05, 0.1) is 0 Å². The summed E-state index contributed by atoms with van der Waals surface area (Å²) in [6.07, 6.45) is 1.58. The van der Waals surface area contributed by atoms with Crippen molar-refractivity contribution in [2.45, 2.75) is 39.5 Å². The summed E-state index contributed by atoms with van der Waals surface area (Å²) in [5.74, 6) is 0.634. The van der Waals surface area contributed by atoms with Gasteiger partial charge in [-0.1, -0.05) is 57.5 Å². The SMILES string of the molecule is CCCc1c(O)cc(-c2ccccc2)c(C(C)C)c1O. The average Bonchev–Trinajstić information content (AvgIpc) is 2.43. The van der Waals surface area contributed by atoms with E-state index in [9.17, 15) is 10.2 Å². The summed E-state index contributed by atoms with van der Waals surface area (Å²) >= 11 is 0. The number of hydrogen-bond acceptors (Lipinski definition) is 2. The number of phenols is 2. The minimum absolute atomic E-state index is 0.188. The highest BCUT2D eigenvalue weighted by Crippen LogP contribution is 2.42. The molecular formula is C18H22O2. The van der Waals surface area contributed by atoms with Gasteiger partial charge >= 0.3 is 0 Å². The van der Waals surface area contributed by atoms with Crippen LogP contribution in [0.4, 0.5) is 0 Å². The normalized spacial score (nSPS) is 11.0. The van der Waals surface area contributed by atoms with Crippen molar-refractivity contribution in [1.29, 1.82) is 0 Å². The molecule has 2 aromatic carbocycles. The molecule has 106 valence electrons. The van der Waals surface area contributed by atoms with Crippen LogP contribution in [0, 0.1) is 0 Å². The number of rotatable bonds is 4. The molecule has 2 rings (SSSR count). The second-order valence-corrected chi connectivity index (χ2v) is 5.45. The zero-order valence-corrected chi connectivity index (χ0v) is 12.4. The van der Waals surface area contributed by atoms with Gasteiger partial charge in [-0.25, -0.2) is 0 Å². The van der Waals surface area contributed by atoms with Gasteiger partial charge in [0.25, 0.3) is 0 Å². The Morgan fingerprint density at radius 1 is 1.05 bits per heavy atom. The summed E-state index contributed by atoms with van der Waals surface area (Å²) in [5, 5.41) is 20.8. The minimum atomic E-state index is 0.188. The fourth-order valence-corrected chi connectivity index (χ4v) is 2.65. The molecule has 0 heterocycles. The molecule has 0 bridgehead atoms. The third-order valence-electron chi connectivity index (χ3n) is 3.58. The molecule has 0 atom stereocenters. The van der Waals surface area contributed by atoms with Crippen molar-refractivity contribution < 1.29 is 10.2 Å². The summed E-state index contributed by atoms with van der Waals surface area (Å²) in [6, 6.07) is 11.7. The van der Waals surface area contributed by atoms with Crippen LogP contribution in [0.2, 0.25) is 0 Å². The third-order valence-corrected chi connectivity index (χ3v) is 3.58. The fourth-order valence-electron chi connectivity index (χ4n) is 2.65. The van der Waals surface area contributed by atoms with E-state index < -0.39 is 0 Å². The Balaban J connectivity index is 2.69. The summed E-state index contributed by atoms with van der Waals surface area (Å²) in [7, 11) is 0. The van der Waals surface area contributed by atoms with Crippen molar-refractivity contribution in [3.05, 3.63) is 47.5 Å². The Morgan fingerprint density at radius 3 is 2.25 bits per heavy atom. The van der Waals surface area contributed by atoms with Crippen molar-refractivity contribution in [2.75, 3.05) is 0 Å². The maximum absolute atomic E-state index is 10.6. The van der Waals surface area contributed by atoms with Crippen LogP contribution in [0.1, 0.15) is 44.2 Å². The van der Waals surface area contributed by atoms with E-state index in [2.05, 4.69) is 13.8 Å². The molecule has 0 aromatic heterocycles. The van der Waals surface area contributed by atoms with Crippen molar-refractivity contribution in [3.8, 4) is 22.6 Å². The molecule has 0 saturated heterocycles. The number of benzene rings is 2. The van der Waals surface area contributed by atoms with E-state index >= 15 is 0 Å². The lowest BCUT2D eigenvalue weighted by Gasteiger charge is -2.19. The maximum Gasteiger partial charge on any atom is 0.126 e. The largest absolute Gasteiger partial charge is 0.508 e. The smallest absolute Gasteiger partial charge is 0.126 e. The van der Waals surface area contributed by atoms with Crippen LogP contribution in [0.25, 0.3) is 11.1 Å². The molecule has 0 spiro atoms. The van der Waals surface area contributed by atoms with Crippen molar-refractivity contribution in [1.82, 2.24) is 0 Å². The molecule has 0 unspecified atom stereocenters. The van der Waals surface area contributed by atoms with Crippen LogP contribution in [0.15, 0.2) is 36.4 Å². The lowest BCUT2D eigenvalue weighted by atomic mass is 9.88. The highest BCUT2D eigenvalue weighted by Gasteiger charge is 2.19. The predicted molar refractivity (Wildman–Crippen MR) is 83.3 cm³/mol. The van der Waals surface area contributed by atoms with Crippen molar-refractivity contribution in [2.24, 2.45) is 0 Å². The number of hydrogen-bond donors (Lipinski definition) is 2. The first-order valence-corrected chi connectivity index (χ1v) is 7.19. The Kier molecular flexibility index (Phi) is 4.33. The van der Waals surface area contributed by atoms with E-state index in [1.807, 2.05) is 37.3 Å². The third kappa shape index (κ3) is 2.64. The van der Waals surface area contributed by atoms with E-state index in [1.54, 1.807) is 6.07 Å². The van der Waals surface area contributed by atoms with Crippen LogP contribution in [-0.4, -0.2) is 10.2 Å². The molecule has 0 aliphatic carbocycles. The predicted octanol–water partition coefficient (Wildman–Crippen LogP) is 4.84. The highest BCUT2D eigenvalue weighted by atomic mass is 16.3. The lowest BCUT2D eigenvalue weighted by Crippen LogP contribution is -1.98. The molecule has 0 aliphatic rings. The molecule has 2 nitrogen and oxygen atoms in total. The molecule has 0 fully saturated rings. The van der Waals surface area contributed by atoms with Gasteiger partial charge in [0.1, 0.15) is 11.5 Å². The van der Waals surface area contributed by atoms with Gasteiger partial charge < -0.3 is 10.2 Å². The Hall–Kier alpha value is -1.96. The minimum Gasteiger partial charge on any atom is -0.508 e. The zero-order chi connectivity index (χ0) is 14.7. The van der Waals surface area contributed by atoms with E-state index in [0.717, 1.165) is 23.1 Å². The molecule has 0 amide bonds. The summed E-state index contributed by atoms with van der Waals surface area (Å²) < 4.78 is 0. The standard InChI is InChI=1S/C18H22O2/c1-4-8-14-16(19)11-15(13-9-6-5-7-10-13)17(12(2)3)18(14)20/h5-7,9-12,19-20H,4,8H2,1-3H3. The first-order chi connectivity index (χ1) is 9.56. The average molecular weight is 270 g/mol. The zero-order valence-electron chi connectivity index (χ0n) is 12.4. The van der Waals surface area contributed by atoms with Crippen LogP contribution in [0.5, 0.6) is 11.5 Å². The Morgan fingerprint density at radius 2 is 1.70 bits per heavy atom. The van der Waals surface area contributed by atoms with Crippen LogP contribution in [-0.2, 0) is 6.42 Å². The molecule has 2 heteroatoms. The van der Waals surface area contributed by atoms with Crippen molar-refractivity contribution in [3.63, 3.8) is 0 Å². The monoisotopic (exact) mass is 270 g/mol. The van der Waals surface area contributed by atoms with Gasteiger partial charge in [-0.2, -0.15) is 0 Å². The van der Waals surface area contributed by atoms with E-state index in [-0.39, 0.29) is 17.4 Å². The van der Waals surface area contributed by atoms with Crippen LogP contribution < -0.4 is 0 Å². The number of phenolic OH excluding ortho intramolecular Hbond substituents is 2. The molecule has 2 aromatic rings. The van der Waals surface area contributed by atoms with Crippen LogP contribution in [0.3, 0.4) is 0 Å². The second-order valence-electron chi connectivity index (χ2n) is 5.45. The molecule has 2 N–H and O–H groups in total. The molecular weight excluding hydrogens is 248 g/mol. The Labute approximate surface area is 120 Å². The van der Waals surface area contributed by atoms with Gasteiger partial charge in [0.15, 0.2) is 0 Å². The number of aromatic hydroxyl groups is 2. The first kappa shape index (κ1) is 14.4. The lowest BCUT2D eigenvalue weighted by molar-refractivity contribution is 0.432. The highest BCUT2D eigenvalue weighted by molar-refractivity contribution is 5.74. The summed E-state index contributed by atoms with van der Waals surface area (Å²) in [5.41, 5.74) is 3.51. The summed E-state index contributed by atoms with van der Waals surface area (Å²) in [6.45, 7) is 6.17. The molecule has 0 saturated carbocycles. The quantitative estimate of drug-likeness (QED) is 0.834. The molecule has 0 radical (unpaired) electrons. The van der Waals surface area contributed by atoms with Gasteiger partial charge in [-0.15, -0.1) is 0 Å². The van der Waals surface area contributed by atoms with Gasteiger partial charge in [-0.3, -0.25) is 0 Å². The first-order valence-electron chi connectivity index (χ1n) is 7.19. The Bertz CT molecular complexity index is 586. The topological polar surface area (TPSA) is 40.5 Å². The van der Waals surface area contributed by atoms with Gasteiger partial charge in [0.2, 0.25) is 0 Å². The second kappa shape index (κ2) is 6.00. The van der Waals surface area contributed by atoms with Gasteiger partial charge in [-0.05, 0) is 29.5 Å². The van der Waals surface area contributed by atoms with Gasteiger partial charge in [0, 0.05) is 11.1 Å². The molecule has 20 heavy (non-hydrogen) atoms. The maximum atomic E-state index is 10.6.